The summed E-state index contributed by atoms with van der Waals surface area (Å²) in [5.74, 6) is -0.0425. The number of aliphatic hydroxyl groups is 1. The van der Waals surface area contributed by atoms with Gasteiger partial charge in [-0.15, -0.1) is 0 Å². The normalized spacial score (nSPS) is 13.1. The van der Waals surface area contributed by atoms with Crippen molar-refractivity contribution < 1.29 is 23.1 Å². The number of benzene rings is 1. The van der Waals surface area contributed by atoms with Crippen LogP contribution in [0.15, 0.2) is 24.3 Å². The van der Waals surface area contributed by atoms with E-state index in [1.165, 1.54) is 19.2 Å². The van der Waals surface area contributed by atoms with E-state index < -0.39 is 27.5 Å². The third-order valence-corrected chi connectivity index (χ3v) is 3.75. The van der Waals surface area contributed by atoms with Gasteiger partial charge in [-0.3, -0.25) is 4.79 Å². The summed E-state index contributed by atoms with van der Waals surface area (Å²) in [7, 11) is -2.12. The van der Waals surface area contributed by atoms with Gasteiger partial charge in [-0.25, -0.2) is 8.42 Å². The number of methoxy groups -OCH3 is 1. The number of hydrogen-bond acceptors (Lipinski definition) is 5. The highest BCUT2D eigenvalue weighted by Crippen LogP contribution is 2.15. The zero-order valence-corrected chi connectivity index (χ0v) is 10.4. The van der Waals surface area contributed by atoms with Crippen LogP contribution in [0.25, 0.3) is 0 Å². The summed E-state index contributed by atoms with van der Waals surface area (Å²) in [6.07, 6.45) is 0.926. The summed E-state index contributed by atoms with van der Waals surface area (Å²) in [5.41, 5.74) is 0.232. The maximum Gasteiger partial charge on any atom is 0.183 e. The van der Waals surface area contributed by atoms with Crippen LogP contribution in [-0.4, -0.2) is 44.5 Å². The molecule has 0 heterocycles. The zero-order valence-electron chi connectivity index (χ0n) is 9.58. The molecule has 0 aliphatic rings. The minimum Gasteiger partial charge on any atom is -0.497 e. The van der Waals surface area contributed by atoms with Gasteiger partial charge in [0.2, 0.25) is 0 Å². The monoisotopic (exact) mass is 258 g/mol. The molecule has 0 fully saturated rings. The molecule has 0 saturated heterocycles. The van der Waals surface area contributed by atoms with Crippen molar-refractivity contribution in [2.24, 2.45) is 0 Å². The van der Waals surface area contributed by atoms with Crippen molar-refractivity contribution in [2.45, 2.75) is 5.25 Å². The third kappa shape index (κ3) is 3.28. The fourth-order valence-corrected chi connectivity index (χ4v) is 2.15. The lowest BCUT2D eigenvalue weighted by atomic mass is 10.1. The molecule has 6 heteroatoms. The predicted octanol–water partition coefficient (Wildman–Crippen LogP) is 0.283. The zero-order chi connectivity index (χ0) is 13.1. The van der Waals surface area contributed by atoms with Crippen LogP contribution < -0.4 is 4.74 Å². The predicted molar refractivity (Wildman–Crippen MR) is 63.0 cm³/mol. The molecule has 1 aromatic rings. The van der Waals surface area contributed by atoms with Gasteiger partial charge in [0.1, 0.15) is 11.0 Å². The van der Waals surface area contributed by atoms with Crippen LogP contribution in [0.3, 0.4) is 0 Å². The van der Waals surface area contributed by atoms with Crippen LogP contribution in [0, 0.1) is 0 Å². The Labute approximate surface area is 100.0 Å². The SMILES string of the molecule is COc1ccc(C(=O)[C@@H](CO)S(C)(=O)=O)cc1. The Balaban J connectivity index is 3.02. The first-order valence-electron chi connectivity index (χ1n) is 4.88. The summed E-state index contributed by atoms with van der Waals surface area (Å²) < 4.78 is 27.5. The van der Waals surface area contributed by atoms with Crippen LogP contribution >= 0.6 is 0 Å². The summed E-state index contributed by atoms with van der Waals surface area (Å²) in [6, 6.07) is 6.05. The van der Waals surface area contributed by atoms with Gasteiger partial charge in [0, 0.05) is 11.8 Å². The molecule has 94 valence electrons. The van der Waals surface area contributed by atoms with Crippen molar-refractivity contribution in [3.63, 3.8) is 0 Å². The van der Waals surface area contributed by atoms with Gasteiger partial charge < -0.3 is 9.84 Å². The van der Waals surface area contributed by atoms with E-state index >= 15 is 0 Å². The molecule has 1 N–H and O–H groups in total. The molecule has 0 aromatic heterocycles. The fourth-order valence-electron chi connectivity index (χ4n) is 1.35. The molecule has 0 aliphatic heterocycles. The smallest absolute Gasteiger partial charge is 0.183 e. The number of ketones is 1. The van der Waals surface area contributed by atoms with Gasteiger partial charge in [0.05, 0.1) is 13.7 Å². The van der Waals surface area contributed by atoms with Crippen LogP contribution in [-0.2, 0) is 9.84 Å². The number of aliphatic hydroxyl groups excluding tert-OH is 1. The van der Waals surface area contributed by atoms with E-state index in [4.69, 9.17) is 9.84 Å². The van der Waals surface area contributed by atoms with E-state index in [-0.39, 0.29) is 5.56 Å². The first kappa shape index (κ1) is 13.7. The van der Waals surface area contributed by atoms with E-state index in [0.29, 0.717) is 5.75 Å². The number of Topliss-reactive ketones (excluding diaryl/α,β-unsaturated/α-hetero) is 1. The van der Waals surface area contributed by atoms with Crippen LogP contribution in [0.2, 0.25) is 0 Å². The number of carbonyl (C=O) groups is 1. The van der Waals surface area contributed by atoms with Gasteiger partial charge in [-0.1, -0.05) is 0 Å². The Morgan fingerprint density at radius 3 is 2.24 bits per heavy atom. The molecule has 0 radical (unpaired) electrons. The van der Waals surface area contributed by atoms with Gasteiger partial charge in [0.25, 0.3) is 0 Å². The molecule has 0 spiro atoms. The van der Waals surface area contributed by atoms with Crippen LogP contribution in [0.4, 0.5) is 0 Å². The molecule has 0 unspecified atom stereocenters. The molecule has 5 nitrogen and oxygen atoms in total. The summed E-state index contributed by atoms with van der Waals surface area (Å²) in [4.78, 5) is 11.8. The van der Waals surface area contributed by atoms with E-state index in [9.17, 15) is 13.2 Å². The Morgan fingerprint density at radius 2 is 1.88 bits per heavy atom. The lowest BCUT2D eigenvalue weighted by molar-refractivity contribution is 0.0962. The van der Waals surface area contributed by atoms with Crippen molar-refractivity contribution >= 4 is 15.6 Å². The van der Waals surface area contributed by atoms with Crippen molar-refractivity contribution in [1.29, 1.82) is 0 Å². The maximum atomic E-state index is 11.8. The summed E-state index contributed by atoms with van der Waals surface area (Å²) >= 11 is 0. The lowest BCUT2D eigenvalue weighted by Gasteiger charge is -2.11. The molecular weight excluding hydrogens is 244 g/mol. The molecule has 0 bridgehead atoms. The van der Waals surface area contributed by atoms with E-state index in [0.717, 1.165) is 6.26 Å². The topological polar surface area (TPSA) is 80.7 Å². The second kappa shape index (κ2) is 5.29. The number of ether oxygens (including phenoxy) is 1. The standard InChI is InChI=1S/C11H14O5S/c1-16-9-5-3-8(4-6-9)11(13)10(7-12)17(2,14)15/h3-6,10,12H,7H2,1-2H3/t10-/m1/s1. The molecule has 0 saturated carbocycles. The first-order chi connectivity index (χ1) is 7.90. The summed E-state index contributed by atoms with van der Waals surface area (Å²) in [6.45, 7) is -0.719. The number of hydrogen-bond donors (Lipinski definition) is 1. The highest BCUT2D eigenvalue weighted by molar-refractivity contribution is 7.92. The second-order valence-corrected chi connectivity index (χ2v) is 5.82. The van der Waals surface area contributed by atoms with Gasteiger partial charge in [-0.05, 0) is 24.3 Å². The molecule has 1 atom stereocenters. The lowest BCUT2D eigenvalue weighted by Crippen LogP contribution is -2.33. The number of rotatable bonds is 5. The van der Waals surface area contributed by atoms with Crippen molar-refractivity contribution in [3.05, 3.63) is 29.8 Å². The molecule has 0 amide bonds. The number of carbonyl (C=O) groups excluding carboxylic acids is 1. The minimum absolute atomic E-state index is 0.232. The average molecular weight is 258 g/mol. The molecule has 1 aromatic carbocycles. The minimum atomic E-state index is -3.61. The van der Waals surface area contributed by atoms with Gasteiger partial charge >= 0.3 is 0 Å². The summed E-state index contributed by atoms with van der Waals surface area (Å²) in [5, 5.41) is 7.56. The Bertz CT molecular complexity index is 489. The van der Waals surface area contributed by atoms with Crippen LogP contribution in [0.5, 0.6) is 5.75 Å². The van der Waals surface area contributed by atoms with E-state index in [1.54, 1.807) is 12.1 Å². The van der Waals surface area contributed by atoms with Crippen LogP contribution in [0.1, 0.15) is 10.4 Å². The Morgan fingerprint density at radius 1 is 1.35 bits per heavy atom. The molecule has 0 aliphatic carbocycles. The maximum absolute atomic E-state index is 11.8. The fraction of sp³-hybridized carbons (Fsp3) is 0.364. The van der Waals surface area contributed by atoms with Crippen molar-refractivity contribution in [1.82, 2.24) is 0 Å². The van der Waals surface area contributed by atoms with Crippen molar-refractivity contribution in [3.8, 4) is 5.75 Å². The molecule has 1 rings (SSSR count). The largest absolute Gasteiger partial charge is 0.497 e. The Hall–Kier alpha value is -1.40. The Kier molecular flexibility index (Phi) is 4.25. The van der Waals surface area contributed by atoms with E-state index in [1.807, 2.05) is 0 Å². The van der Waals surface area contributed by atoms with E-state index in [2.05, 4.69) is 0 Å². The molecule has 17 heavy (non-hydrogen) atoms. The van der Waals surface area contributed by atoms with Crippen molar-refractivity contribution in [2.75, 3.05) is 20.0 Å². The van der Waals surface area contributed by atoms with Gasteiger partial charge in [-0.2, -0.15) is 0 Å². The second-order valence-electron chi connectivity index (χ2n) is 3.59. The quantitative estimate of drug-likeness (QED) is 0.767. The average Bonchev–Trinajstić information content (AvgIpc) is 2.28. The number of sulfone groups is 1. The van der Waals surface area contributed by atoms with Gasteiger partial charge in [0.15, 0.2) is 15.6 Å². The third-order valence-electron chi connectivity index (χ3n) is 2.35. The highest BCUT2D eigenvalue weighted by atomic mass is 32.2. The highest BCUT2D eigenvalue weighted by Gasteiger charge is 2.28. The first-order valence-corrected chi connectivity index (χ1v) is 6.83. The molecular formula is C11H14O5S.